The predicted molar refractivity (Wildman–Crippen MR) is 63.5 cm³/mol. The summed E-state index contributed by atoms with van der Waals surface area (Å²) in [5.74, 6) is 0. The molecule has 0 aliphatic heterocycles. The molecule has 6 heteroatoms. The van der Waals surface area contributed by atoms with Gasteiger partial charge in [0.1, 0.15) is 16.8 Å². The molecule has 0 spiro atoms. The summed E-state index contributed by atoms with van der Waals surface area (Å²) in [6.45, 7) is 1.90. The molecule has 0 saturated carbocycles. The molecule has 82 valence electrons. The molecule has 0 aliphatic carbocycles. The lowest BCUT2D eigenvalue weighted by Crippen LogP contribution is -1.90. The molecule has 0 unspecified atom stereocenters. The number of pyridine rings is 1. The quantitative estimate of drug-likeness (QED) is 0.653. The van der Waals surface area contributed by atoms with E-state index in [9.17, 15) is 5.26 Å². The third-order valence-electron chi connectivity index (χ3n) is 2.36. The van der Waals surface area contributed by atoms with Gasteiger partial charge in [0.25, 0.3) is 0 Å². The molecule has 0 amide bonds. The van der Waals surface area contributed by atoms with Crippen LogP contribution in [0.5, 0.6) is 0 Å². The van der Waals surface area contributed by atoms with Gasteiger partial charge in [0, 0.05) is 18.0 Å². The highest BCUT2D eigenvalue weighted by Crippen LogP contribution is 2.25. The Labute approximate surface area is 101 Å². The molecule has 0 aliphatic rings. The second-order valence-electron chi connectivity index (χ2n) is 3.47. The molecule has 0 N–H and O–H groups in total. The molecule has 0 fully saturated rings. The van der Waals surface area contributed by atoms with E-state index in [-0.39, 0.29) is 0 Å². The van der Waals surface area contributed by atoms with Gasteiger partial charge in [-0.1, -0.05) is 11.3 Å². The molecular formula is C11H7N5S. The van der Waals surface area contributed by atoms with E-state index in [1.165, 1.54) is 11.3 Å². The number of nitriles is 1. The molecule has 0 atom stereocenters. The van der Waals surface area contributed by atoms with Crippen LogP contribution in [0.4, 0.5) is 0 Å². The van der Waals surface area contributed by atoms with Gasteiger partial charge in [-0.05, 0) is 19.1 Å². The maximum atomic E-state index is 9.21. The van der Waals surface area contributed by atoms with Gasteiger partial charge in [0.2, 0.25) is 4.96 Å². The lowest BCUT2D eigenvalue weighted by atomic mass is 10.2. The van der Waals surface area contributed by atoms with E-state index in [4.69, 9.17) is 0 Å². The summed E-state index contributed by atoms with van der Waals surface area (Å²) in [6, 6.07) is 5.82. The van der Waals surface area contributed by atoms with E-state index in [1.807, 2.05) is 19.1 Å². The number of aryl methyl sites for hydroxylation is 1. The summed E-state index contributed by atoms with van der Waals surface area (Å²) in [7, 11) is 0. The fourth-order valence-corrected chi connectivity index (χ4v) is 2.40. The van der Waals surface area contributed by atoms with Crippen molar-refractivity contribution < 1.29 is 0 Å². The van der Waals surface area contributed by atoms with Gasteiger partial charge < -0.3 is 0 Å². The standard InChI is InChI=1S/C11H7N5S/c1-7-15-16-9(6-12)10(14-11(16)17-7)8-2-4-13-5-3-8/h2-5H,1H3. The number of fused-ring (bicyclic) bond motifs is 1. The van der Waals surface area contributed by atoms with Crippen LogP contribution in [-0.4, -0.2) is 19.6 Å². The van der Waals surface area contributed by atoms with Crippen molar-refractivity contribution in [3.63, 3.8) is 0 Å². The Morgan fingerprint density at radius 1 is 1.35 bits per heavy atom. The first-order valence-electron chi connectivity index (χ1n) is 4.96. The number of hydrogen-bond donors (Lipinski definition) is 0. The average Bonchev–Trinajstić information content (AvgIpc) is 2.85. The van der Waals surface area contributed by atoms with Crippen LogP contribution in [0.2, 0.25) is 0 Å². The van der Waals surface area contributed by atoms with Gasteiger partial charge >= 0.3 is 0 Å². The summed E-state index contributed by atoms with van der Waals surface area (Å²) >= 11 is 1.47. The SMILES string of the molecule is Cc1nn2c(C#N)c(-c3ccncc3)nc2s1. The van der Waals surface area contributed by atoms with Crippen molar-refractivity contribution in [3.8, 4) is 17.3 Å². The summed E-state index contributed by atoms with van der Waals surface area (Å²) in [5.41, 5.74) is 2.01. The van der Waals surface area contributed by atoms with Gasteiger partial charge in [0.05, 0.1) is 0 Å². The molecular weight excluding hydrogens is 234 g/mol. The van der Waals surface area contributed by atoms with E-state index >= 15 is 0 Å². The normalized spacial score (nSPS) is 10.6. The smallest absolute Gasteiger partial charge is 0.213 e. The third kappa shape index (κ3) is 1.48. The second kappa shape index (κ2) is 3.64. The van der Waals surface area contributed by atoms with Crippen molar-refractivity contribution in [3.05, 3.63) is 35.2 Å². The zero-order valence-corrected chi connectivity index (χ0v) is 9.77. The van der Waals surface area contributed by atoms with E-state index in [0.29, 0.717) is 11.4 Å². The zero-order valence-electron chi connectivity index (χ0n) is 8.95. The first-order chi connectivity index (χ1) is 8.29. The minimum atomic E-state index is 0.468. The highest BCUT2D eigenvalue weighted by atomic mass is 32.1. The Balaban J connectivity index is 2.31. The van der Waals surface area contributed by atoms with Crippen LogP contribution in [0.25, 0.3) is 16.2 Å². The summed E-state index contributed by atoms with van der Waals surface area (Å²) in [4.78, 5) is 9.14. The molecule has 0 bridgehead atoms. The fourth-order valence-electron chi connectivity index (χ4n) is 1.66. The molecule has 0 radical (unpaired) electrons. The Bertz CT molecular complexity index is 719. The molecule has 3 aromatic heterocycles. The molecule has 3 aromatic rings. The highest BCUT2D eigenvalue weighted by molar-refractivity contribution is 7.16. The molecule has 0 aromatic carbocycles. The van der Waals surface area contributed by atoms with Crippen LogP contribution >= 0.6 is 11.3 Å². The molecule has 17 heavy (non-hydrogen) atoms. The third-order valence-corrected chi connectivity index (χ3v) is 3.19. The lowest BCUT2D eigenvalue weighted by Gasteiger charge is -1.95. The monoisotopic (exact) mass is 241 g/mol. The van der Waals surface area contributed by atoms with E-state index < -0.39 is 0 Å². The van der Waals surface area contributed by atoms with Crippen LogP contribution in [0.3, 0.4) is 0 Å². The zero-order chi connectivity index (χ0) is 11.8. The van der Waals surface area contributed by atoms with Gasteiger partial charge in [-0.2, -0.15) is 14.9 Å². The first-order valence-corrected chi connectivity index (χ1v) is 5.78. The topological polar surface area (TPSA) is 66.9 Å². The summed E-state index contributed by atoms with van der Waals surface area (Å²) in [5, 5.41) is 14.4. The van der Waals surface area contributed by atoms with Gasteiger partial charge in [-0.3, -0.25) is 4.98 Å². The van der Waals surface area contributed by atoms with Crippen molar-refractivity contribution in [2.45, 2.75) is 6.92 Å². The maximum absolute atomic E-state index is 9.21. The van der Waals surface area contributed by atoms with Crippen LogP contribution in [0, 0.1) is 18.3 Å². The van der Waals surface area contributed by atoms with Crippen molar-refractivity contribution in [1.82, 2.24) is 19.6 Å². The van der Waals surface area contributed by atoms with Crippen molar-refractivity contribution in [2.24, 2.45) is 0 Å². The number of hydrogen-bond acceptors (Lipinski definition) is 5. The maximum Gasteiger partial charge on any atom is 0.213 e. The Morgan fingerprint density at radius 3 is 2.82 bits per heavy atom. The lowest BCUT2D eigenvalue weighted by molar-refractivity contribution is 0.931. The highest BCUT2D eigenvalue weighted by Gasteiger charge is 2.16. The molecule has 3 rings (SSSR count). The van der Waals surface area contributed by atoms with Crippen LogP contribution < -0.4 is 0 Å². The molecule has 3 heterocycles. The molecule has 5 nitrogen and oxygen atoms in total. The minimum Gasteiger partial charge on any atom is -0.265 e. The van der Waals surface area contributed by atoms with Crippen molar-refractivity contribution >= 4 is 16.3 Å². The predicted octanol–water partition coefficient (Wildman–Crippen LogP) is 2.03. The first kappa shape index (κ1) is 9.93. The van der Waals surface area contributed by atoms with Crippen molar-refractivity contribution in [1.29, 1.82) is 5.26 Å². The Hall–Kier alpha value is -2.26. The number of aromatic nitrogens is 4. The number of rotatable bonds is 1. The largest absolute Gasteiger partial charge is 0.265 e. The van der Waals surface area contributed by atoms with Gasteiger partial charge in [-0.25, -0.2) is 4.98 Å². The van der Waals surface area contributed by atoms with Gasteiger partial charge in [-0.15, -0.1) is 0 Å². The van der Waals surface area contributed by atoms with Crippen LogP contribution in [0.1, 0.15) is 10.7 Å². The second-order valence-corrected chi connectivity index (χ2v) is 4.63. The summed E-state index contributed by atoms with van der Waals surface area (Å²) < 4.78 is 1.59. The van der Waals surface area contributed by atoms with Crippen LogP contribution in [0.15, 0.2) is 24.5 Å². The van der Waals surface area contributed by atoms with Crippen molar-refractivity contribution in [2.75, 3.05) is 0 Å². The average molecular weight is 241 g/mol. The fraction of sp³-hybridized carbons (Fsp3) is 0.0909. The minimum absolute atomic E-state index is 0.468. The Morgan fingerprint density at radius 2 is 2.12 bits per heavy atom. The number of nitrogens with zero attached hydrogens (tertiary/aromatic N) is 5. The molecule has 0 saturated heterocycles. The van der Waals surface area contributed by atoms with E-state index in [0.717, 1.165) is 15.5 Å². The Kier molecular flexibility index (Phi) is 2.13. The number of imidazole rings is 1. The van der Waals surface area contributed by atoms with E-state index in [2.05, 4.69) is 21.1 Å². The van der Waals surface area contributed by atoms with Gasteiger partial charge in [0.15, 0.2) is 5.69 Å². The van der Waals surface area contributed by atoms with Crippen LogP contribution in [-0.2, 0) is 0 Å². The van der Waals surface area contributed by atoms with E-state index in [1.54, 1.807) is 16.9 Å². The summed E-state index contributed by atoms with van der Waals surface area (Å²) in [6.07, 6.45) is 3.37.